The summed E-state index contributed by atoms with van der Waals surface area (Å²) in [6.45, 7) is 0.731. The van der Waals surface area contributed by atoms with Crippen LogP contribution in [0.1, 0.15) is 5.56 Å². The number of aryl methyl sites for hydroxylation is 1. The Bertz CT molecular complexity index is 667. The number of hydrogen-bond acceptors (Lipinski definition) is 3. The van der Waals surface area contributed by atoms with Crippen LogP contribution in [0.25, 0.3) is 10.8 Å². The van der Waals surface area contributed by atoms with E-state index in [1.54, 1.807) is 4.68 Å². The van der Waals surface area contributed by atoms with Crippen LogP contribution in [0.5, 0.6) is 0 Å². The monoisotopic (exact) mass is 238 g/mol. The summed E-state index contributed by atoms with van der Waals surface area (Å²) in [5.74, 6) is 0.914. The van der Waals surface area contributed by atoms with E-state index in [1.165, 1.54) is 5.39 Å². The highest BCUT2D eigenvalue weighted by atomic mass is 15.2. The van der Waals surface area contributed by atoms with Crippen molar-refractivity contribution < 1.29 is 0 Å². The van der Waals surface area contributed by atoms with Gasteiger partial charge in [0, 0.05) is 36.9 Å². The normalized spacial score (nSPS) is 10.7. The van der Waals surface area contributed by atoms with Gasteiger partial charge in [0.1, 0.15) is 5.82 Å². The number of aromatic nitrogens is 3. The van der Waals surface area contributed by atoms with Crippen molar-refractivity contribution in [2.75, 3.05) is 5.32 Å². The quantitative estimate of drug-likeness (QED) is 0.762. The van der Waals surface area contributed by atoms with Gasteiger partial charge >= 0.3 is 0 Å². The first-order valence-corrected chi connectivity index (χ1v) is 5.88. The summed E-state index contributed by atoms with van der Waals surface area (Å²) in [7, 11) is 1.92. The van der Waals surface area contributed by atoms with E-state index >= 15 is 0 Å². The SMILES string of the molecule is Cn1cc(CNc2nccc3ccccc23)cn1. The molecule has 0 aliphatic heterocycles. The molecule has 0 spiro atoms. The Morgan fingerprint density at radius 2 is 2.11 bits per heavy atom. The average molecular weight is 238 g/mol. The zero-order chi connectivity index (χ0) is 12.4. The Balaban J connectivity index is 1.86. The fourth-order valence-electron chi connectivity index (χ4n) is 2.01. The van der Waals surface area contributed by atoms with Crippen molar-refractivity contribution >= 4 is 16.6 Å². The summed E-state index contributed by atoms with van der Waals surface area (Å²) in [5.41, 5.74) is 1.15. The molecular weight excluding hydrogens is 224 g/mol. The number of benzene rings is 1. The van der Waals surface area contributed by atoms with Gasteiger partial charge in [-0.3, -0.25) is 4.68 Å². The van der Waals surface area contributed by atoms with Crippen molar-refractivity contribution in [1.82, 2.24) is 14.8 Å². The van der Waals surface area contributed by atoms with Crippen LogP contribution in [0.3, 0.4) is 0 Å². The maximum Gasteiger partial charge on any atom is 0.134 e. The van der Waals surface area contributed by atoms with Gasteiger partial charge in [0.15, 0.2) is 0 Å². The number of anilines is 1. The average Bonchev–Trinajstić information content (AvgIpc) is 2.82. The number of nitrogens with zero attached hydrogens (tertiary/aromatic N) is 3. The fourth-order valence-corrected chi connectivity index (χ4v) is 2.01. The van der Waals surface area contributed by atoms with Crippen molar-refractivity contribution in [3.8, 4) is 0 Å². The molecule has 0 aliphatic rings. The molecule has 0 saturated carbocycles. The Hall–Kier alpha value is -2.36. The molecule has 3 aromatic rings. The van der Waals surface area contributed by atoms with Crippen LogP contribution < -0.4 is 5.32 Å². The molecule has 0 aliphatic carbocycles. The van der Waals surface area contributed by atoms with Gasteiger partial charge in [0.2, 0.25) is 0 Å². The first-order chi connectivity index (χ1) is 8.83. The first kappa shape index (κ1) is 10.8. The summed E-state index contributed by atoms with van der Waals surface area (Å²) in [6, 6.07) is 10.2. The van der Waals surface area contributed by atoms with Crippen LogP contribution in [0.4, 0.5) is 5.82 Å². The highest BCUT2D eigenvalue weighted by Crippen LogP contribution is 2.20. The van der Waals surface area contributed by atoms with Gasteiger partial charge in [-0.1, -0.05) is 24.3 Å². The summed E-state index contributed by atoms with van der Waals surface area (Å²) < 4.78 is 1.80. The molecule has 0 saturated heterocycles. The minimum absolute atomic E-state index is 0.731. The minimum Gasteiger partial charge on any atom is -0.365 e. The lowest BCUT2D eigenvalue weighted by Crippen LogP contribution is -2.01. The molecule has 4 nitrogen and oxygen atoms in total. The smallest absolute Gasteiger partial charge is 0.134 e. The van der Waals surface area contributed by atoms with E-state index in [2.05, 4.69) is 27.5 Å². The van der Waals surface area contributed by atoms with Crippen LogP contribution in [-0.4, -0.2) is 14.8 Å². The number of fused-ring (bicyclic) bond motifs is 1. The Morgan fingerprint density at radius 1 is 1.22 bits per heavy atom. The molecule has 90 valence electrons. The van der Waals surface area contributed by atoms with Gasteiger partial charge in [-0.2, -0.15) is 5.10 Å². The van der Waals surface area contributed by atoms with Crippen molar-refractivity contribution in [1.29, 1.82) is 0 Å². The van der Waals surface area contributed by atoms with E-state index in [1.807, 2.05) is 43.8 Å². The largest absolute Gasteiger partial charge is 0.365 e. The molecule has 0 bridgehead atoms. The minimum atomic E-state index is 0.731. The van der Waals surface area contributed by atoms with Crippen LogP contribution in [0.15, 0.2) is 48.9 Å². The molecule has 0 radical (unpaired) electrons. The number of nitrogens with one attached hydrogen (secondary N) is 1. The molecule has 0 fully saturated rings. The lowest BCUT2D eigenvalue weighted by molar-refractivity contribution is 0.767. The van der Waals surface area contributed by atoms with Gasteiger partial charge in [-0.05, 0) is 11.5 Å². The Kier molecular flexibility index (Phi) is 2.68. The predicted molar refractivity (Wildman–Crippen MR) is 72.3 cm³/mol. The van der Waals surface area contributed by atoms with Crippen LogP contribution in [0, 0.1) is 0 Å². The summed E-state index contributed by atoms with van der Waals surface area (Å²) in [6.07, 6.45) is 5.68. The summed E-state index contributed by atoms with van der Waals surface area (Å²) in [5, 5.41) is 9.84. The zero-order valence-corrected chi connectivity index (χ0v) is 10.2. The molecule has 0 atom stereocenters. The maximum atomic E-state index is 4.39. The second kappa shape index (κ2) is 4.49. The van der Waals surface area contributed by atoms with E-state index in [9.17, 15) is 0 Å². The summed E-state index contributed by atoms with van der Waals surface area (Å²) >= 11 is 0. The van der Waals surface area contributed by atoms with Crippen LogP contribution in [0.2, 0.25) is 0 Å². The Morgan fingerprint density at radius 3 is 2.94 bits per heavy atom. The highest BCUT2D eigenvalue weighted by molar-refractivity contribution is 5.91. The molecule has 2 heterocycles. The van der Waals surface area contributed by atoms with Gasteiger partial charge in [-0.15, -0.1) is 0 Å². The Labute approximate surface area is 105 Å². The van der Waals surface area contributed by atoms with Crippen molar-refractivity contribution in [2.45, 2.75) is 6.54 Å². The lowest BCUT2D eigenvalue weighted by atomic mass is 10.1. The second-order valence-corrected chi connectivity index (χ2v) is 4.26. The fraction of sp³-hybridized carbons (Fsp3) is 0.143. The van der Waals surface area contributed by atoms with Crippen molar-refractivity contribution in [3.63, 3.8) is 0 Å². The number of hydrogen-bond donors (Lipinski definition) is 1. The van der Waals surface area contributed by atoms with Gasteiger partial charge < -0.3 is 5.32 Å². The van der Waals surface area contributed by atoms with E-state index in [0.29, 0.717) is 0 Å². The molecule has 0 unspecified atom stereocenters. The van der Waals surface area contributed by atoms with Gasteiger partial charge in [-0.25, -0.2) is 4.98 Å². The molecule has 1 N–H and O–H groups in total. The number of pyridine rings is 1. The van der Waals surface area contributed by atoms with Crippen LogP contribution >= 0.6 is 0 Å². The van der Waals surface area contributed by atoms with Crippen molar-refractivity contribution in [2.24, 2.45) is 7.05 Å². The van der Waals surface area contributed by atoms with E-state index < -0.39 is 0 Å². The highest BCUT2D eigenvalue weighted by Gasteiger charge is 2.02. The van der Waals surface area contributed by atoms with Crippen LogP contribution in [-0.2, 0) is 13.6 Å². The molecule has 2 aromatic heterocycles. The molecular formula is C14H14N4. The molecule has 4 heteroatoms. The maximum absolute atomic E-state index is 4.39. The zero-order valence-electron chi connectivity index (χ0n) is 10.2. The van der Waals surface area contributed by atoms with E-state index in [0.717, 1.165) is 23.3 Å². The third-order valence-corrected chi connectivity index (χ3v) is 2.89. The lowest BCUT2D eigenvalue weighted by Gasteiger charge is -2.07. The molecule has 18 heavy (non-hydrogen) atoms. The third-order valence-electron chi connectivity index (χ3n) is 2.89. The second-order valence-electron chi connectivity index (χ2n) is 4.26. The topological polar surface area (TPSA) is 42.7 Å². The van der Waals surface area contributed by atoms with Gasteiger partial charge in [0.25, 0.3) is 0 Å². The molecule has 3 rings (SSSR count). The van der Waals surface area contributed by atoms with Crippen molar-refractivity contribution in [3.05, 3.63) is 54.5 Å². The van der Waals surface area contributed by atoms with Gasteiger partial charge in [0.05, 0.1) is 6.20 Å². The standard InChI is InChI=1S/C14H14N4/c1-18-10-11(9-17-18)8-16-14-13-5-3-2-4-12(13)6-7-15-14/h2-7,9-10H,8H2,1H3,(H,15,16). The third kappa shape index (κ3) is 2.05. The molecule has 1 aromatic carbocycles. The molecule has 0 amide bonds. The van der Waals surface area contributed by atoms with E-state index in [-0.39, 0.29) is 0 Å². The summed E-state index contributed by atoms with van der Waals surface area (Å²) in [4.78, 5) is 4.39. The number of rotatable bonds is 3. The first-order valence-electron chi connectivity index (χ1n) is 5.88. The predicted octanol–water partition coefficient (Wildman–Crippen LogP) is 2.58. The van der Waals surface area contributed by atoms with E-state index in [4.69, 9.17) is 0 Å².